The highest BCUT2D eigenvalue weighted by Gasteiger charge is 2.09. The van der Waals surface area contributed by atoms with Gasteiger partial charge < -0.3 is 9.67 Å². The summed E-state index contributed by atoms with van der Waals surface area (Å²) in [4.78, 5) is 4.10. The maximum Gasteiger partial charge on any atom is 0.105 e. The predicted molar refractivity (Wildman–Crippen MR) is 63.1 cm³/mol. The summed E-state index contributed by atoms with van der Waals surface area (Å²) in [6, 6.07) is 9.01. The third-order valence-corrected chi connectivity index (χ3v) is 2.72. The second-order valence-electron chi connectivity index (χ2n) is 3.88. The van der Waals surface area contributed by atoms with Gasteiger partial charge in [0.1, 0.15) is 5.82 Å². The van der Waals surface area contributed by atoms with Gasteiger partial charge >= 0.3 is 0 Å². The number of hydrogen-bond donors (Lipinski definition) is 1. The van der Waals surface area contributed by atoms with Gasteiger partial charge in [-0.1, -0.05) is 12.1 Å². The second kappa shape index (κ2) is 4.81. The van der Waals surface area contributed by atoms with Gasteiger partial charge in [-0.25, -0.2) is 4.98 Å². The van der Waals surface area contributed by atoms with E-state index in [1.54, 1.807) is 30.5 Å². The van der Waals surface area contributed by atoms with Crippen molar-refractivity contribution in [1.29, 1.82) is 5.26 Å². The largest absolute Gasteiger partial charge is 0.387 e. The Kier molecular flexibility index (Phi) is 3.22. The molecule has 0 aliphatic heterocycles. The number of benzene rings is 1. The first kappa shape index (κ1) is 11.4. The number of nitriles is 1. The van der Waals surface area contributed by atoms with Crippen molar-refractivity contribution in [2.75, 3.05) is 0 Å². The topological polar surface area (TPSA) is 61.8 Å². The number of aliphatic hydroxyl groups is 1. The van der Waals surface area contributed by atoms with Gasteiger partial charge in [0.2, 0.25) is 0 Å². The minimum Gasteiger partial charge on any atom is -0.387 e. The number of aromatic nitrogens is 2. The molecule has 1 N–H and O–H groups in total. The van der Waals surface area contributed by atoms with Crippen LogP contribution in [0.1, 0.15) is 23.1 Å². The van der Waals surface area contributed by atoms with Crippen LogP contribution in [0.15, 0.2) is 36.7 Å². The summed E-state index contributed by atoms with van der Waals surface area (Å²) < 4.78 is 1.89. The van der Waals surface area contributed by atoms with Crippen molar-refractivity contribution in [3.05, 3.63) is 53.6 Å². The van der Waals surface area contributed by atoms with Crippen LogP contribution in [0.5, 0.6) is 0 Å². The van der Waals surface area contributed by atoms with Crippen LogP contribution in [-0.2, 0) is 6.54 Å². The molecule has 2 rings (SSSR count). The molecule has 4 heteroatoms. The molecule has 86 valence electrons. The van der Waals surface area contributed by atoms with Crippen molar-refractivity contribution in [2.24, 2.45) is 0 Å². The predicted octanol–water partition coefficient (Wildman–Crippen LogP) is 1.80. The summed E-state index contributed by atoms with van der Waals surface area (Å²) in [7, 11) is 0. The summed E-state index contributed by atoms with van der Waals surface area (Å²) in [5.41, 5.74) is 1.40. The molecule has 0 spiro atoms. The minimum absolute atomic E-state index is 0.470. The van der Waals surface area contributed by atoms with E-state index in [-0.39, 0.29) is 0 Å². The summed E-state index contributed by atoms with van der Waals surface area (Å²) in [5, 5.41) is 18.7. The molecule has 1 heterocycles. The van der Waals surface area contributed by atoms with Crippen LogP contribution in [0.2, 0.25) is 0 Å². The number of imidazole rings is 1. The molecular formula is C13H13N3O. The standard InChI is InChI=1S/C13H13N3O/c1-10-15-6-7-16(10)9-13(17)12-4-2-11(8-14)3-5-12/h2-7,13,17H,9H2,1H3. The SMILES string of the molecule is Cc1nccn1CC(O)c1ccc(C#N)cc1. The second-order valence-corrected chi connectivity index (χ2v) is 3.88. The number of aryl methyl sites for hydroxylation is 1. The molecule has 0 amide bonds. The summed E-state index contributed by atoms with van der Waals surface area (Å²) in [6.45, 7) is 2.36. The van der Waals surface area contributed by atoms with Crippen molar-refractivity contribution < 1.29 is 5.11 Å². The molecule has 1 aromatic heterocycles. The molecule has 0 aliphatic carbocycles. The van der Waals surface area contributed by atoms with Crippen LogP contribution in [0.4, 0.5) is 0 Å². The van der Waals surface area contributed by atoms with Crippen molar-refractivity contribution >= 4 is 0 Å². The first-order valence-electron chi connectivity index (χ1n) is 5.36. The number of rotatable bonds is 3. The first-order chi connectivity index (χ1) is 8.20. The van der Waals surface area contributed by atoms with E-state index in [0.29, 0.717) is 12.1 Å². The average Bonchev–Trinajstić information content (AvgIpc) is 2.75. The molecule has 0 aliphatic rings. The molecule has 1 unspecified atom stereocenters. The zero-order valence-electron chi connectivity index (χ0n) is 9.54. The van der Waals surface area contributed by atoms with E-state index in [1.165, 1.54) is 0 Å². The van der Waals surface area contributed by atoms with Crippen molar-refractivity contribution in [1.82, 2.24) is 9.55 Å². The quantitative estimate of drug-likeness (QED) is 0.869. The Morgan fingerprint density at radius 2 is 2.12 bits per heavy atom. The maximum absolute atomic E-state index is 10.0. The Balaban J connectivity index is 2.12. The molecule has 0 saturated carbocycles. The Morgan fingerprint density at radius 3 is 2.65 bits per heavy atom. The monoisotopic (exact) mass is 227 g/mol. The van der Waals surface area contributed by atoms with Crippen LogP contribution in [0.25, 0.3) is 0 Å². The fourth-order valence-electron chi connectivity index (χ4n) is 1.67. The molecule has 0 radical (unpaired) electrons. The van der Waals surface area contributed by atoms with E-state index in [9.17, 15) is 5.11 Å². The van der Waals surface area contributed by atoms with Crippen molar-refractivity contribution in [3.63, 3.8) is 0 Å². The zero-order chi connectivity index (χ0) is 12.3. The Bertz CT molecular complexity index is 537. The number of hydrogen-bond acceptors (Lipinski definition) is 3. The molecule has 0 saturated heterocycles. The van der Waals surface area contributed by atoms with Gasteiger partial charge in [-0.3, -0.25) is 0 Å². The molecule has 1 aromatic carbocycles. The van der Waals surface area contributed by atoms with E-state index in [0.717, 1.165) is 11.4 Å². The highest BCUT2D eigenvalue weighted by Crippen LogP contribution is 2.16. The zero-order valence-corrected chi connectivity index (χ0v) is 9.54. The lowest BCUT2D eigenvalue weighted by atomic mass is 10.1. The van der Waals surface area contributed by atoms with Crippen LogP contribution in [-0.4, -0.2) is 14.7 Å². The van der Waals surface area contributed by atoms with Crippen molar-refractivity contribution in [3.8, 4) is 6.07 Å². The van der Waals surface area contributed by atoms with Gasteiger partial charge in [-0.2, -0.15) is 5.26 Å². The van der Waals surface area contributed by atoms with E-state index < -0.39 is 6.10 Å². The lowest BCUT2D eigenvalue weighted by Crippen LogP contribution is -2.09. The average molecular weight is 227 g/mol. The lowest BCUT2D eigenvalue weighted by Gasteiger charge is -2.12. The first-order valence-corrected chi connectivity index (χ1v) is 5.36. The number of aliphatic hydroxyl groups excluding tert-OH is 1. The highest BCUT2D eigenvalue weighted by atomic mass is 16.3. The van der Waals surface area contributed by atoms with E-state index in [2.05, 4.69) is 11.1 Å². The third kappa shape index (κ3) is 2.52. The lowest BCUT2D eigenvalue weighted by molar-refractivity contribution is 0.155. The molecule has 2 aromatic rings. The summed E-state index contributed by atoms with van der Waals surface area (Å²) >= 11 is 0. The van der Waals surface area contributed by atoms with Gasteiger partial charge in [-0.05, 0) is 24.6 Å². The van der Waals surface area contributed by atoms with Crippen LogP contribution in [0.3, 0.4) is 0 Å². The van der Waals surface area contributed by atoms with Crippen LogP contribution in [0, 0.1) is 18.3 Å². The molecule has 0 fully saturated rings. The van der Waals surface area contributed by atoms with Crippen molar-refractivity contribution in [2.45, 2.75) is 19.6 Å². The summed E-state index contributed by atoms with van der Waals surface area (Å²) in [6.07, 6.45) is 2.96. The fraction of sp³-hybridized carbons (Fsp3) is 0.231. The van der Waals surface area contributed by atoms with E-state index in [1.807, 2.05) is 17.7 Å². The fourth-order valence-corrected chi connectivity index (χ4v) is 1.67. The molecule has 17 heavy (non-hydrogen) atoms. The minimum atomic E-state index is -0.587. The van der Waals surface area contributed by atoms with Gasteiger partial charge in [-0.15, -0.1) is 0 Å². The maximum atomic E-state index is 10.0. The normalized spacial score (nSPS) is 12.1. The molecule has 4 nitrogen and oxygen atoms in total. The van der Waals surface area contributed by atoms with Gasteiger partial charge in [0.25, 0.3) is 0 Å². The Hall–Kier alpha value is -2.12. The molecular weight excluding hydrogens is 214 g/mol. The van der Waals surface area contributed by atoms with E-state index >= 15 is 0 Å². The van der Waals surface area contributed by atoms with Gasteiger partial charge in [0.05, 0.1) is 24.3 Å². The number of nitrogens with zero attached hydrogens (tertiary/aromatic N) is 3. The Morgan fingerprint density at radius 1 is 1.41 bits per heavy atom. The Labute approximate surface area is 99.8 Å². The van der Waals surface area contributed by atoms with Crippen LogP contribution < -0.4 is 0 Å². The van der Waals surface area contributed by atoms with Gasteiger partial charge in [0.15, 0.2) is 0 Å². The third-order valence-electron chi connectivity index (χ3n) is 2.72. The molecule has 0 bridgehead atoms. The highest BCUT2D eigenvalue weighted by molar-refractivity contribution is 5.32. The van der Waals surface area contributed by atoms with Crippen LogP contribution >= 0.6 is 0 Å². The van der Waals surface area contributed by atoms with E-state index in [4.69, 9.17) is 5.26 Å². The molecule has 1 atom stereocenters. The smallest absolute Gasteiger partial charge is 0.105 e. The summed E-state index contributed by atoms with van der Waals surface area (Å²) in [5.74, 6) is 0.873. The van der Waals surface area contributed by atoms with Gasteiger partial charge in [0, 0.05) is 12.4 Å².